The Kier molecular flexibility index (Phi) is 5.03. The number of rotatable bonds is 4. The van der Waals surface area contributed by atoms with Crippen LogP contribution in [0, 0.1) is 11.3 Å². The summed E-state index contributed by atoms with van der Waals surface area (Å²) in [6, 6.07) is 8.47. The highest BCUT2D eigenvalue weighted by atomic mass is 16.5. The third-order valence-corrected chi connectivity index (χ3v) is 4.87. The zero-order valence-electron chi connectivity index (χ0n) is 16.1. The molecule has 150 valence electrons. The van der Waals surface area contributed by atoms with Crippen LogP contribution < -0.4 is 10.6 Å². The van der Waals surface area contributed by atoms with Crippen molar-refractivity contribution in [3.05, 3.63) is 52.6 Å². The minimum absolute atomic E-state index is 0.0366. The molecule has 0 aliphatic carbocycles. The molecule has 3 rings (SSSR count). The molecule has 1 spiro atoms. The van der Waals surface area contributed by atoms with Crippen molar-refractivity contribution in [1.82, 2.24) is 0 Å². The Balaban J connectivity index is 2.34. The van der Waals surface area contributed by atoms with Crippen molar-refractivity contribution in [2.75, 3.05) is 25.2 Å². The van der Waals surface area contributed by atoms with E-state index in [0.29, 0.717) is 11.3 Å². The van der Waals surface area contributed by atoms with Gasteiger partial charge in [-0.2, -0.15) is 5.26 Å². The topological polar surface area (TPSA) is 132 Å². The Morgan fingerprint density at radius 3 is 2.66 bits per heavy atom. The fourth-order valence-electron chi connectivity index (χ4n) is 3.81. The molecule has 0 radical (unpaired) electrons. The second-order valence-corrected chi connectivity index (χ2v) is 6.34. The predicted molar refractivity (Wildman–Crippen MR) is 99.7 cm³/mol. The van der Waals surface area contributed by atoms with Gasteiger partial charge in [-0.3, -0.25) is 14.5 Å². The Bertz CT molecular complexity index is 1020. The van der Waals surface area contributed by atoms with E-state index in [1.807, 2.05) is 6.07 Å². The van der Waals surface area contributed by atoms with Crippen LogP contribution in [0.2, 0.25) is 0 Å². The van der Waals surface area contributed by atoms with Crippen LogP contribution in [0.4, 0.5) is 5.69 Å². The largest absolute Gasteiger partial charge is 0.466 e. The van der Waals surface area contributed by atoms with Crippen LogP contribution in [0.3, 0.4) is 0 Å². The van der Waals surface area contributed by atoms with Gasteiger partial charge in [0.25, 0.3) is 0 Å². The fourth-order valence-corrected chi connectivity index (χ4v) is 3.81. The standard InChI is InChI=1S/C20H19N3O6/c1-4-28-15(24)10-23-14-8-6-5-7-12(14)20(19(23)26)13(9-21)17(22)29-11(2)16(20)18(25)27-3/h5-8H,4,10,22H2,1-3H3/t20-/m0/s1. The van der Waals surface area contributed by atoms with Crippen molar-refractivity contribution in [2.24, 2.45) is 5.73 Å². The second kappa shape index (κ2) is 7.31. The zero-order valence-corrected chi connectivity index (χ0v) is 16.1. The van der Waals surface area contributed by atoms with Gasteiger partial charge in [0.15, 0.2) is 5.41 Å². The summed E-state index contributed by atoms with van der Waals surface area (Å²) in [6.07, 6.45) is 0. The minimum atomic E-state index is -1.88. The molecule has 2 aliphatic heterocycles. The normalized spacial score (nSPS) is 20.3. The first-order chi connectivity index (χ1) is 13.8. The van der Waals surface area contributed by atoms with Crippen molar-refractivity contribution in [3.63, 3.8) is 0 Å². The lowest BCUT2D eigenvalue weighted by Gasteiger charge is -2.34. The molecule has 1 atom stereocenters. The molecule has 0 fully saturated rings. The Labute approximate surface area is 166 Å². The number of ether oxygens (including phenoxy) is 3. The number of hydrogen-bond acceptors (Lipinski definition) is 8. The number of carbonyl (C=O) groups is 3. The molecule has 0 saturated heterocycles. The number of esters is 2. The molecule has 0 bridgehead atoms. The lowest BCUT2D eigenvalue weighted by atomic mass is 9.68. The average Bonchev–Trinajstić information content (AvgIpc) is 2.92. The first-order valence-electron chi connectivity index (χ1n) is 8.79. The number of carbonyl (C=O) groups excluding carboxylic acids is 3. The van der Waals surface area contributed by atoms with Crippen molar-refractivity contribution >= 4 is 23.5 Å². The van der Waals surface area contributed by atoms with Gasteiger partial charge in [0.1, 0.15) is 29.5 Å². The molecule has 2 aliphatic rings. The second-order valence-electron chi connectivity index (χ2n) is 6.34. The number of allylic oxidation sites excluding steroid dienone is 1. The molecule has 9 nitrogen and oxygen atoms in total. The monoisotopic (exact) mass is 397 g/mol. The summed E-state index contributed by atoms with van der Waals surface area (Å²) in [4.78, 5) is 39.8. The van der Waals surface area contributed by atoms with Crippen LogP contribution in [0.1, 0.15) is 19.4 Å². The molecule has 29 heavy (non-hydrogen) atoms. The van der Waals surface area contributed by atoms with Crippen LogP contribution in [-0.2, 0) is 34.0 Å². The molecule has 0 aromatic heterocycles. The number of nitrogens with two attached hydrogens (primary N) is 1. The zero-order chi connectivity index (χ0) is 21.3. The molecule has 1 amide bonds. The maximum absolute atomic E-state index is 13.8. The van der Waals surface area contributed by atoms with Gasteiger partial charge in [-0.25, -0.2) is 4.79 Å². The minimum Gasteiger partial charge on any atom is -0.466 e. The van der Waals surface area contributed by atoms with Gasteiger partial charge >= 0.3 is 11.9 Å². The number of methoxy groups -OCH3 is 1. The van der Waals surface area contributed by atoms with E-state index in [2.05, 4.69) is 0 Å². The van der Waals surface area contributed by atoms with E-state index < -0.39 is 29.8 Å². The Morgan fingerprint density at radius 1 is 1.34 bits per heavy atom. The number of amides is 1. The lowest BCUT2D eigenvalue weighted by molar-refractivity contribution is -0.142. The van der Waals surface area contributed by atoms with E-state index >= 15 is 0 Å². The molecule has 2 heterocycles. The molecular weight excluding hydrogens is 378 g/mol. The maximum atomic E-state index is 13.8. The number of hydrogen-bond donors (Lipinski definition) is 1. The van der Waals surface area contributed by atoms with Gasteiger partial charge in [-0.05, 0) is 19.9 Å². The lowest BCUT2D eigenvalue weighted by Crippen LogP contribution is -2.49. The first-order valence-corrected chi connectivity index (χ1v) is 8.79. The SMILES string of the molecule is CCOC(=O)CN1C(=O)[C@]2(C(C#N)=C(N)OC(C)=C2C(=O)OC)c2ccccc21. The molecule has 0 saturated carbocycles. The number of para-hydroxylation sites is 1. The smallest absolute Gasteiger partial charge is 0.339 e. The van der Waals surface area contributed by atoms with Crippen LogP contribution in [0.5, 0.6) is 0 Å². The summed E-state index contributed by atoms with van der Waals surface area (Å²) >= 11 is 0. The number of nitrogens with zero attached hydrogens (tertiary/aromatic N) is 2. The maximum Gasteiger partial charge on any atom is 0.339 e. The average molecular weight is 397 g/mol. The van der Waals surface area contributed by atoms with Gasteiger partial charge in [0.05, 0.1) is 13.7 Å². The number of benzene rings is 1. The Hall–Kier alpha value is -3.80. The molecule has 9 heteroatoms. The van der Waals surface area contributed by atoms with Crippen molar-refractivity contribution < 1.29 is 28.6 Å². The van der Waals surface area contributed by atoms with Gasteiger partial charge in [0, 0.05) is 11.3 Å². The van der Waals surface area contributed by atoms with Crippen LogP contribution in [-0.4, -0.2) is 38.1 Å². The molecule has 0 unspecified atom stereocenters. The predicted octanol–water partition coefficient (Wildman–Crippen LogP) is 1.01. The van der Waals surface area contributed by atoms with Crippen molar-refractivity contribution in [3.8, 4) is 6.07 Å². The van der Waals surface area contributed by atoms with Gasteiger partial charge in [-0.1, -0.05) is 18.2 Å². The van der Waals surface area contributed by atoms with Crippen LogP contribution >= 0.6 is 0 Å². The summed E-state index contributed by atoms with van der Waals surface area (Å²) in [7, 11) is 1.16. The molecule has 2 N–H and O–H groups in total. The van der Waals surface area contributed by atoms with Crippen LogP contribution in [0.25, 0.3) is 0 Å². The van der Waals surface area contributed by atoms with Gasteiger partial charge in [-0.15, -0.1) is 0 Å². The third-order valence-electron chi connectivity index (χ3n) is 4.87. The molecular formula is C20H19N3O6. The summed E-state index contributed by atoms with van der Waals surface area (Å²) in [6.45, 7) is 2.86. The van der Waals surface area contributed by atoms with E-state index in [4.69, 9.17) is 19.9 Å². The highest BCUT2D eigenvalue weighted by Crippen LogP contribution is 2.53. The first kappa shape index (κ1) is 19.9. The Morgan fingerprint density at radius 2 is 2.03 bits per heavy atom. The van der Waals surface area contributed by atoms with Crippen molar-refractivity contribution in [2.45, 2.75) is 19.3 Å². The highest BCUT2D eigenvalue weighted by molar-refractivity contribution is 6.19. The van der Waals surface area contributed by atoms with E-state index in [1.54, 1.807) is 31.2 Å². The van der Waals surface area contributed by atoms with E-state index in [1.165, 1.54) is 11.8 Å². The number of fused-ring (bicyclic) bond motifs is 2. The van der Waals surface area contributed by atoms with E-state index in [-0.39, 0.29) is 29.4 Å². The third kappa shape index (κ3) is 2.72. The highest BCUT2D eigenvalue weighted by Gasteiger charge is 2.62. The van der Waals surface area contributed by atoms with E-state index in [0.717, 1.165) is 7.11 Å². The summed E-state index contributed by atoms with van der Waals surface area (Å²) in [5, 5.41) is 9.84. The van der Waals surface area contributed by atoms with Crippen LogP contribution in [0.15, 0.2) is 47.1 Å². The summed E-state index contributed by atoms with van der Waals surface area (Å²) < 4.78 is 15.2. The molecule has 1 aromatic rings. The summed E-state index contributed by atoms with van der Waals surface area (Å²) in [5.41, 5.74) is 4.35. The van der Waals surface area contributed by atoms with Gasteiger partial charge < -0.3 is 19.9 Å². The van der Waals surface area contributed by atoms with E-state index in [9.17, 15) is 19.6 Å². The van der Waals surface area contributed by atoms with Crippen molar-refractivity contribution in [1.29, 1.82) is 5.26 Å². The van der Waals surface area contributed by atoms with Gasteiger partial charge in [0.2, 0.25) is 11.8 Å². The number of anilines is 1. The number of nitriles is 1. The molecule has 1 aromatic carbocycles. The fraction of sp³-hybridized carbons (Fsp3) is 0.300. The quantitative estimate of drug-likeness (QED) is 0.745. The summed E-state index contributed by atoms with van der Waals surface area (Å²) in [5.74, 6) is -2.41.